The molecule has 1 atom stereocenters. The highest BCUT2D eigenvalue weighted by molar-refractivity contribution is 4.88. The quantitative estimate of drug-likeness (QED) is 0.647. The molecule has 1 heterocycles. The molecule has 5 heteroatoms. The van der Waals surface area contributed by atoms with E-state index in [-0.39, 0.29) is 6.04 Å². The fourth-order valence-electron chi connectivity index (χ4n) is 0.973. The van der Waals surface area contributed by atoms with Gasteiger partial charge in [0.1, 0.15) is 5.82 Å². The van der Waals surface area contributed by atoms with Crippen LogP contribution in [0.1, 0.15) is 12.7 Å². The van der Waals surface area contributed by atoms with E-state index in [1.54, 1.807) is 12.4 Å². The average Bonchev–Trinajstić information content (AvgIpc) is 2.56. The lowest BCUT2D eigenvalue weighted by molar-refractivity contribution is 0.420. The smallest absolute Gasteiger partial charge is 0.107 e. The first-order valence-corrected chi connectivity index (χ1v) is 5.15. The van der Waals surface area contributed by atoms with Crippen molar-refractivity contribution < 1.29 is 0 Å². The molecular weight excluding hydrogens is 190 g/mol. The summed E-state index contributed by atoms with van der Waals surface area (Å²) >= 11 is 0. The van der Waals surface area contributed by atoms with Gasteiger partial charge in [0, 0.05) is 37.9 Å². The second-order valence-corrected chi connectivity index (χ2v) is 3.81. The van der Waals surface area contributed by atoms with Gasteiger partial charge >= 0.3 is 0 Å². The number of likely N-dealkylation sites (N-methyl/N-ethyl adjacent to an activating group) is 1. The zero-order valence-electron chi connectivity index (χ0n) is 9.90. The number of nitrogens with one attached hydrogen (secondary N) is 1. The minimum Gasteiger partial charge on any atom is -0.349 e. The van der Waals surface area contributed by atoms with E-state index in [0.717, 1.165) is 25.3 Å². The van der Waals surface area contributed by atoms with Crippen molar-refractivity contribution in [2.24, 2.45) is 11.5 Å². The molecule has 1 rings (SSSR count). The van der Waals surface area contributed by atoms with Crippen LogP contribution in [0.15, 0.2) is 12.4 Å². The van der Waals surface area contributed by atoms with Crippen molar-refractivity contribution in [3.8, 4) is 0 Å². The molecule has 0 radical (unpaired) electrons. The molecule has 0 spiro atoms. The van der Waals surface area contributed by atoms with E-state index in [1.807, 2.05) is 21.0 Å². The van der Waals surface area contributed by atoms with Crippen molar-refractivity contribution in [3.05, 3.63) is 18.2 Å². The molecule has 0 aliphatic rings. The molecule has 0 bridgehead atoms. The van der Waals surface area contributed by atoms with Gasteiger partial charge in [-0.05, 0) is 21.0 Å². The monoisotopic (exact) mass is 213 g/mol. The molecule has 88 valence electrons. The summed E-state index contributed by atoms with van der Waals surface area (Å²) in [6, 6.07) is 0.191. The Bertz CT molecular complexity index is 218. The van der Waals surface area contributed by atoms with E-state index in [2.05, 4.69) is 14.9 Å². The van der Waals surface area contributed by atoms with E-state index >= 15 is 0 Å². The molecule has 5 nitrogen and oxygen atoms in total. The number of aromatic nitrogens is 2. The number of nitrogens with two attached hydrogens (primary N) is 2. The van der Waals surface area contributed by atoms with Gasteiger partial charge in [-0.2, -0.15) is 0 Å². The third kappa shape index (κ3) is 9.40. The van der Waals surface area contributed by atoms with Gasteiger partial charge in [-0.25, -0.2) is 4.98 Å². The Hall–Kier alpha value is -0.910. The second-order valence-electron chi connectivity index (χ2n) is 3.81. The van der Waals surface area contributed by atoms with Crippen molar-refractivity contribution in [3.63, 3.8) is 0 Å². The lowest BCUT2D eigenvalue weighted by Crippen LogP contribution is -2.20. The number of hydrogen-bond donors (Lipinski definition) is 3. The largest absolute Gasteiger partial charge is 0.349 e. The van der Waals surface area contributed by atoms with Gasteiger partial charge in [0.25, 0.3) is 0 Å². The Morgan fingerprint density at radius 3 is 2.47 bits per heavy atom. The molecule has 0 aliphatic carbocycles. The van der Waals surface area contributed by atoms with Crippen LogP contribution in [0.4, 0.5) is 0 Å². The predicted molar refractivity (Wildman–Crippen MR) is 63.5 cm³/mol. The van der Waals surface area contributed by atoms with Gasteiger partial charge in [-0.1, -0.05) is 0 Å². The minimum absolute atomic E-state index is 0.191. The lowest BCUT2D eigenvalue weighted by Gasteiger charge is -2.03. The molecule has 1 aromatic heterocycles. The van der Waals surface area contributed by atoms with Crippen LogP contribution in [-0.2, 0) is 6.42 Å². The normalized spacial score (nSPS) is 12.1. The van der Waals surface area contributed by atoms with E-state index in [4.69, 9.17) is 11.5 Å². The topological polar surface area (TPSA) is 84.0 Å². The van der Waals surface area contributed by atoms with Gasteiger partial charge in [-0.15, -0.1) is 0 Å². The van der Waals surface area contributed by atoms with Crippen molar-refractivity contribution >= 4 is 0 Å². The first-order valence-electron chi connectivity index (χ1n) is 5.15. The first kappa shape index (κ1) is 14.1. The highest BCUT2D eigenvalue weighted by atomic mass is 15.1. The summed E-state index contributed by atoms with van der Waals surface area (Å²) in [5, 5.41) is 0. The van der Waals surface area contributed by atoms with E-state index in [9.17, 15) is 0 Å². The highest BCUT2D eigenvalue weighted by Crippen LogP contribution is 1.91. The number of nitrogens with zero attached hydrogens (tertiary/aromatic N) is 2. The Morgan fingerprint density at radius 2 is 2.20 bits per heavy atom. The van der Waals surface area contributed by atoms with Crippen LogP contribution in [0.2, 0.25) is 0 Å². The molecular formula is C10H23N5. The maximum atomic E-state index is 5.52. The van der Waals surface area contributed by atoms with Crippen molar-refractivity contribution in [1.82, 2.24) is 14.9 Å². The van der Waals surface area contributed by atoms with Crippen LogP contribution in [0, 0.1) is 0 Å². The number of aromatic amines is 1. The first-order chi connectivity index (χ1) is 7.06. The third-order valence-electron chi connectivity index (χ3n) is 1.65. The van der Waals surface area contributed by atoms with Crippen LogP contribution in [0.25, 0.3) is 0 Å². The van der Waals surface area contributed by atoms with Crippen LogP contribution in [-0.4, -0.2) is 48.1 Å². The maximum absolute atomic E-state index is 5.52. The van der Waals surface area contributed by atoms with Crippen molar-refractivity contribution in [1.29, 1.82) is 0 Å². The van der Waals surface area contributed by atoms with Gasteiger partial charge in [-0.3, -0.25) is 0 Å². The van der Waals surface area contributed by atoms with E-state index < -0.39 is 0 Å². The van der Waals surface area contributed by atoms with Crippen LogP contribution < -0.4 is 11.5 Å². The summed E-state index contributed by atoms with van der Waals surface area (Å²) in [6.07, 6.45) is 4.36. The van der Waals surface area contributed by atoms with Crippen LogP contribution in [0.3, 0.4) is 0 Å². The summed E-state index contributed by atoms with van der Waals surface area (Å²) in [5.41, 5.74) is 10.7. The third-order valence-corrected chi connectivity index (χ3v) is 1.65. The van der Waals surface area contributed by atoms with Gasteiger partial charge in [0.2, 0.25) is 0 Å². The highest BCUT2D eigenvalue weighted by Gasteiger charge is 1.96. The summed E-state index contributed by atoms with van der Waals surface area (Å²) < 4.78 is 0. The van der Waals surface area contributed by atoms with E-state index in [1.165, 1.54) is 0 Å². The molecule has 0 aliphatic heterocycles. The predicted octanol–water partition coefficient (Wildman–Crippen LogP) is -0.194. The molecule has 1 aromatic rings. The van der Waals surface area contributed by atoms with Gasteiger partial charge in [0.15, 0.2) is 0 Å². The average molecular weight is 213 g/mol. The number of rotatable bonds is 4. The van der Waals surface area contributed by atoms with Crippen molar-refractivity contribution in [2.45, 2.75) is 19.4 Å². The fraction of sp³-hybridized carbons (Fsp3) is 0.700. The van der Waals surface area contributed by atoms with Gasteiger partial charge in [0.05, 0.1) is 0 Å². The maximum Gasteiger partial charge on any atom is 0.107 e. The lowest BCUT2D eigenvalue weighted by atomic mass is 10.2. The Kier molecular flexibility index (Phi) is 7.89. The molecule has 0 amide bonds. The van der Waals surface area contributed by atoms with Gasteiger partial charge < -0.3 is 21.4 Å². The molecule has 5 N–H and O–H groups in total. The molecule has 0 fully saturated rings. The molecule has 15 heavy (non-hydrogen) atoms. The Labute approximate surface area is 91.9 Å². The Balaban J connectivity index is 0.000000288. The van der Waals surface area contributed by atoms with E-state index in [0.29, 0.717) is 0 Å². The second kappa shape index (κ2) is 8.40. The standard InChI is InChI=1S/C6H11N3.C4H12N2/c1-5(7)4-6-8-2-3-9-6;1-6(2)4-3-5/h2-3,5H,4,7H2,1H3,(H,8,9);3-5H2,1-2H3. The molecule has 0 saturated heterocycles. The number of imidazole rings is 1. The van der Waals surface area contributed by atoms with Crippen LogP contribution >= 0.6 is 0 Å². The molecule has 0 aromatic carbocycles. The minimum atomic E-state index is 0.191. The summed E-state index contributed by atoms with van der Waals surface area (Å²) in [7, 11) is 4.01. The number of hydrogen-bond acceptors (Lipinski definition) is 4. The molecule has 0 saturated carbocycles. The van der Waals surface area contributed by atoms with Crippen LogP contribution in [0.5, 0.6) is 0 Å². The summed E-state index contributed by atoms with van der Waals surface area (Å²) in [4.78, 5) is 9.05. The Morgan fingerprint density at radius 1 is 1.53 bits per heavy atom. The molecule has 1 unspecified atom stereocenters. The SMILES string of the molecule is CC(N)Cc1ncc[nH]1.CN(C)CCN. The summed E-state index contributed by atoms with van der Waals surface area (Å²) in [5.74, 6) is 0.963. The zero-order valence-corrected chi connectivity index (χ0v) is 9.90. The fourth-order valence-corrected chi connectivity index (χ4v) is 0.973. The van der Waals surface area contributed by atoms with Crippen molar-refractivity contribution in [2.75, 3.05) is 27.2 Å². The zero-order chi connectivity index (χ0) is 11.7. The summed E-state index contributed by atoms with van der Waals surface area (Å²) in [6.45, 7) is 3.70. The number of H-pyrrole nitrogens is 1.